The largest absolute Gasteiger partial charge is 0.497 e. The van der Waals surface area contributed by atoms with Gasteiger partial charge in [0.25, 0.3) is 0 Å². The number of hydrogen-bond donors (Lipinski definition) is 1. The Bertz CT molecular complexity index is 565. The number of aryl methyl sites for hydroxylation is 1. The van der Waals surface area contributed by atoms with E-state index in [9.17, 15) is 0 Å². The molecule has 1 aromatic carbocycles. The molecular weight excluding hydrogens is 254 g/mol. The number of nitrogens with two attached hydrogens (primary N) is 1. The van der Waals surface area contributed by atoms with Gasteiger partial charge in [-0.05, 0) is 12.1 Å². The Balaban J connectivity index is 2.38. The highest BCUT2D eigenvalue weighted by molar-refractivity contribution is 8.00. The molecular formula is C11H13N3OS2. The van der Waals surface area contributed by atoms with E-state index in [1.165, 1.54) is 11.8 Å². The lowest BCUT2D eigenvalue weighted by Gasteiger charge is -2.01. The van der Waals surface area contributed by atoms with Crippen LogP contribution in [-0.4, -0.2) is 27.4 Å². The predicted molar refractivity (Wildman–Crippen MR) is 74.8 cm³/mol. The number of ether oxygens (including phenoxy) is 1. The van der Waals surface area contributed by atoms with Gasteiger partial charge in [0.15, 0.2) is 5.16 Å². The number of benzene rings is 1. The van der Waals surface area contributed by atoms with E-state index in [-0.39, 0.29) is 0 Å². The van der Waals surface area contributed by atoms with E-state index >= 15 is 0 Å². The van der Waals surface area contributed by atoms with Gasteiger partial charge in [-0.1, -0.05) is 24.0 Å². The quantitative estimate of drug-likeness (QED) is 0.678. The van der Waals surface area contributed by atoms with Gasteiger partial charge < -0.3 is 15.0 Å². The third-order valence-corrected chi connectivity index (χ3v) is 3.80. The summed E-state index contributed by atoms with van der Waals surface area (Å²) in [6.45, 7) is 0. The normalized spacial score (nSPS) is 10.7. The van der Waals surface area contributed by atoms with E-state index < -0.39 is 0 Å². The van der Waals surface area contributed by atoms with Gasteiger partial charge in [0.1, 0.15) is 5.75 Å². The van der Waals surface area contributed by atoms with Crippen LogP contribution in [0.25, 0.3) is 11.0 Å². The third-order valence-electron chi connectivity index (χ3n) is 2.39. The zero-order valence-electron chi connectivity index (χ0n) is 9.64. The number of methoxy groups -OCH3 is 1. The van der Waals surface area contributed by atoms with Crippen LogP contribution in [0.15, 0.2) is 23.4 Å². The number of hydrogen-bond acceptors (Lipinski definition) is 4. The number of rotatable bonds is 4. The maximum atomic E-state index is 5.48. The minimum Gasteiger partial charge on any atom is -0.497 e. The van der Waals surface area contributed by atoms with Crippen molar-refractivity contribution < 1.29 is 4.74 Å². The second-order valence-corrected chi connectivity index (χ2v) is 5.03. The van der Waals surface area contributed by atoms with Crippen molar-refractivity contribution in [2.24, 2.45) is 12.8 Å². The fourth-order valence-corrected chi connectivity index (χ4v) is 2.45. The lowest BCUT2D eigenvalue weighted by molar-refractivity contribution is 0.415. The molecule has 2 rings (SSSR count). The van der Waals surface area contributed by atoms with Gasteiger partial charge in [0.05, 0.1) is 28.9 Å². The Morgan fingerprint density at radius 3 is 3.00 bits per heavy atom. The summed E-state index contributed by atoms with van der Waals surface area (Å²) < 4.78 is 7.20. The van der Waals surface area contributed by atoms with Crippen LogP contribution in [0.3, 0.4) is 0 Å². The maximum Gasteiger partial charge on any atom is 0.169 e. The number of fused-ring (bicyclic) bond motifs is 1. The molecule has 2 N–H and O–H groups in total. The van der Waals surface area contributed by atoms with E-state index in [2.05, 4.69) is 4.98 Å². The number of thioether (sulfide) groups is 1. The van der Waals surface area contributed by atoms with Crippen molar-refractivity contribution in [1.29, 1.82) is 0 Å². The van der Waals surface area contributed by atoms with E-state index in [0.29, 0.717) is 10.7 Å². The van der Waals surface area contributed by atoms with Crippen LogP contribution in [0.4, 0.5) is 0 Å². The molecule has 0 radical (unpaired) electrons. The molecule has 0 aliphatic carbocycles. The van der Waals surface area contributed by atoms with E-state index in [1.807, 2.05) is 29.8 Å². The molecule has 6 heteroatoms. The monoisotopic (exact) mass is 267 g/mol. The van der Waals surface area contributed by atoms with Gasteiger partial charge in [0.2, 0.25) is 0 Å². The topological polar surface area (TPSA) is 53.1 Å². The van der Waals surface area contributed by atoms with Crippen molar-refractivity contribution >= 4 is 40.0 Å². The van der Waals surface area contributed by atoms with Crippen LogP contribution in [0.1, 0.15) is 0 Å². The Labute approximate surface area is 109 Å². The maximum absolute atomic E-state index is 5.48. The Morgan fingerprint density at radius 2 is 2.35 bits per heavy atom. The average Bonchev–Trinajstić information content (AvgIpc) is 2.63. The highest BCUT2D eigenvalue weighted by Crippen LogP contribution is 2.25. The lowest BCUT2D eigenvalue weighted by Crippen LogP contribution is -2.10. The van der Waals surface area contributed by atoms with Crippen LogP contribution in [0.5, 0.6) is 5.75 Å². The van der Waals surface area contributed by atoms with E-state index in [4.69, 9.17) is 22.7 Å². The van der Waals surface area contributed by atoms with Crippen molar-refractivity contribution in [3.8, 4) is 5.75 Å². The summed E-state index contributed by atoms with van der Waals surface area (Å²) in [7, 11) is 3.62. The first-order valence-electron chi connectivity index (χ1n) is 5.03. The molecule has 0 unspecified atom stereocenters. The lowest BCUT2D eigenvalue weighted by atomic mass is 10.3. The molecule has 90 valence electrons. The third kappa shape index (κ3) is 2.53. The summed E-state index contributed by atoms with van der Waals surface area (Å²) in [6.07, 6.45) is 0. The number of aromatic nitrogens is 2. The molecule has 0 fully saturated rings. The summed E-state index contributed by atoms with van der Waals surface area (Å²) in [4.78, 5) is 5.01. The molecule has 0 atom stereocenters. The summed E-state index contributed by atoms with van der Waals surface area (Å²) in [6, 6.07) is 5.83. The van der Waals surface area contributed by atoms with Gasteiger partial charge in [0, 0.05) is 13.1 Å². The van der Waals surface area contributed by atoms with Gasteiger partial charge in [-0.2, -0.15) is 0 Å². The summed E-state index contributed by atoms with van der Waals surface area (Å²) >= 11 is 6.40. The van der Waals surface area contributed by atoms with Crippen LogP contribution < -0.4 is 10.5 Å². The Kier molecular flexibility index (Phi) is 3.54. The Morgan fingerprint density at radius 1 is 1.59 bits per heavy atom. The van der Waals surface area contributed by atoms with Gasteiger partial charge in [-0.3, -0.25) is 0 Å². The first-order valence-corrected chi connectivity index (χ1v) is 6.43. The molecule has 0 saturated carbocycles. The number of thiocarbonyl (C=S) groups is 1. The van der Waals surface area contributed by atoms with Gasteiger partial charge in [-0.15, -0.1) is 0 Å². The number of imidazole rings is 1. The zero-order valence-corrected chi connectivity index (χ0v) is 11.3. The second-order valence-electron chi connectivity index (χ2n) is 3.56. The summed E-state index contributed by atoms with van der Waals surface area (Å²) in [5.41, 5.74) is 7.46. The molecule has 0 aliphatic heterocycles. The standard InChI is InChI=1S/C11H13N3OS2/c1-14-9-4-3-7(15-2)5-8(9)13-11(14)17-6-10(12)16/h3-5H,6H2,1-2H3,(H2,12,16). The molecule has 0 saturated heterocycles. The fourth-order valence-electron chi connectivity index (χ4n) is 1.55. The molecule has 1 aromatic heterocycles. The SMILES string of the molecule is COc1ccc2c(c1)nc(SCC(N)=S)n2C. The zero-order chi connectivity index (χ0) is 12.4. The molecule has 1 heterocycles. The van der Waals surface area contributed by atoms with Crippen LogP contribution in [0.2, 0.25) is 0 Å². The van der Waals surface area contributed by atoms with E-state index in [0.717, 1.165) is 21.9 Å². The summed E-state index contributed by atoms with van der Waals surface area (Å²) in [5, 5.41) is 0.904. The van der Waals surface area contributed by atoms with Gasteiger partial charge >= 0.3 is 0 Å². The molecule has 2 aromatic rings. The van der Waals surface area contributed by atoms with Gasteiger partial charge in [-0.25, -0.2) is 4.98 Å². The highest BCUT2D eigenvalue weighted by atomic mass is 32.2. The van der Waals surface area contributed by atoms with E-state index in [1.54, 1.807) is 7.11 Å². The minimum absolute atomic E-state index is 0.486. The van der Waals surface area contributed by atoms with Crippen LogP contribution >= 0.6 is 24.0 Å². The smallest absolute Gasteiger partial charge is 0.169 e. The second kappa shape index (κ2) is 4.93. The predicted octanol–water partition coefficient (Wildman–Crippen LogP) is 1.96. The van der Waals surface area contributed by atoms with Crippen molar-refractivity contribution in [3.05, 3.63) is 18.2 Å². The first kappa shape index (κ1) is 12.2. The molecule has 4 nitrogen and oxygen atoms in total. The molecule has 0 spiro atoms. The van der Waals surface area contributed by atoms with Crippen molar-refractivity contribution in [2.45, 2.75) is 5.16 Å². The molecule has 0 amide bonds. The van der Waals surface area contributed by atoms with Crippen molar-refractivity contribution in [1.82, 2.24) is 9.55 Å². The molecule has 0 aliphatic rings. The van der Waals surface area contributed by atoms with Crippen molar-refractivity contribution in [2.75, 3.05) is 12.9 Å². The number of nitrogens with zero attached hydrogens (tertiary/aromatic N) is 2. The fraction of sp³-hybridized carbons (Fsp3) is 0.273. The summed E-state index contributed by atoms with van der Waals surface area (Å²) in [5.74, 6) is 1.41. The highest BCUT2D eigenvalue weighted by Gasteiger charge is 2.09. The molecule has 0 bridgehead atoms. The minimum atomic E-state index is 0.486. The van der Waals surface area contributed by atoms with Crippen LogP contribution in [-0.2, 0) is 7.05 Å². The average molecular weight is 267 g/mol. The van der Waals surface area contributed by atoms with Crippen LogP contribution in [0, 0.1) is 0 Å². The first-order chi connectivity index (χ1) is 8.11. The van der Waals surface area contributed by atoms with Crippen molar-refractivity contribution in [3.63, 3.8) is 0 Å². The Hall–Kier alpha value is -1.27. The molecule has 17 heavy (non-hydrogen) atoms.